The lowest BCUT2D eigenvalue weighted by Crippen LogP contribution is -2.29. The number of aryl methyl sites for hydroxylation is 1. The molecule has 2 fully saturated rings. The minimum atomic E-state index is -1.12. The third-order valence-corrected chi connectivity index (χ3v) is 10.1. The van der Waals surface area contributed by atoms with Gasteiger partial charge in [-0.3, -0.25) is 4.79 Å². The first-order valence-corrected chi connectivity index (χ1v) is 17.9. The topological polar surface area (TPSA) is 103 Å². The Morgan fingerprint density at radius 3 is 2.69 bits per heavy atom. The zero-order chi connectivity index (χ0) is 27.3. The van der Waals surface area contributed by atoms with Crippen LogP contribution < -0.4 is 10.2 Å². The van der Waals surface area contributed by atoms with Crippen molar-refractivity contribution in [2.45, 2.75) is 78.1 Å². The van der Waals surface area contributed by atoms with E-state index in [-0.39, 0.29) is 17.8 Å². The van der Waals surface area contributed by atoms with Crippen LogP contribution >= 0.6 is 0 Å². The number of rotatable bonds is 10. The third kappa shape index (κ3) is 5.65. The van der Waals surface area contributed by atoms with Crippen molar-refractivity contribution in [3.05, 3.63) is 52.5 Å². The van der Waals surface area contributed by atoms with Gasteiger partial charge in [-0.25, -0.2) is 19.3 Å². The minimum Gasteiger partial charge on any atom is -0.360 e. The number of hydrogen-bond acceptors (Lipinski definition) is 7. The van der Waals surface area contributed by atoms with Gasteiger partial charge in [-0.2, -0.15) is 5.10 Å². The van der Waals surface area contributed by atoms with Gasteiger partial charge in [0.2, 0.25) is 5.82 Å². The molecule has 0 bridgehead atoms. The molecule has 1 amide bonds. The molecule has 208 valence electrons. The number of ether oxygens (including phenoxy) is 1. The maximum Gasteiger partial charge on any atom is 0.291 e. The summed E-state index contributed by atoms with van der Waals surface area (Å²) in [6.07, 6.45) is 4.73. The molecule has 1 aliphatic heterocycles. The van der Waals surface area contributed by atoms with E-state index in [0.29, 0.717) is 13.3 Å². The van der Waals surface area contributed by atoms with Crippen LogP contribution in [-0.4, -0.2) is 63.2 Å². The molecule has 1 saturated heterocycles. The number of anilines is 1. The number of carbonyl (C=O) groups is 1. The average molecular weight is 549 g/mol. The van der Waals surface area contributed by atoms with Crippen molar-refractivity contribution in [1.29, 1.82) is 0 Å². The molecule has 3 atom stereocenters. The highest BCUT2D eigenvalue weighted by Gasteiger charge is 2.45. The van der Waals surface area contributed by atoms with Crippen molar-refractivity contribution in [3.8, 4) is 0 Å². The fourth-order valence-corrected chi connectivity index (χ4v) is 6.55. The van der Waals surface area contributed by atoms with Crippen LogP contribution in [0.3, 0.4) is 0 Å². The molecule has 11 heteroatoms. The second kappa shape index (κ2) is 10.2. The average Bonchev–Trinajstić information content (AvgIpc) is 3.30. The van der Waals surface area contributed by atoms with Crippen molar-refractivity contribution >= 4 is 19.8 Å². The first-order chi connectivity index (χ1) is 18.6. The highest BCUT2D eigenvalue weighted by Crippen LogP contribution is 2.46. The number of nitrogens with zero attached hydrogens (tertiary/aromatic N) is 7. The lowest BCUT2D eigenvalue weighted by Gasteiger charge is -2.20. The second-order valence-electron chi connectivity index (χ2n) is 12.7. The number of piperidine rings is 1. The summed E-state index contributed by atoms with van der Waals surface area (Å²) in [6, 6.07) is 5.22. The van der Waals surface area contributed by atoms with Crippen molar-refractivity contribution in [2.75, 3.05) is 24.6 Å². The van der Waals surface area contributed by atoms with E-state index in [0.717, 1.165) is 78.9 Å². The van der Waals surface area contributed by atoms with E-state index in [1.54, 1.807) is 11.0 Å². The SMILES string of the molecule is Cc1nc(N2CC3CC3C2)ccc1Cn1cnc(C(=O)N[C@@H]2CCc3c2nn(COCC[Si](C)(C)C)c3C)n1. The van der Waals surface area contributed by atoms with Gasteiger partial charge >= 0.3 is 0 Å². The molecule has 6 rings (SSSR count). The smallest absolute Gasteiger partial charge is 0.291 e. The van der Waals surface area contributed by atoms with Crippen LogP contribution in [0, 0.1) is 25.7 Å². The lowest BCUT2D eigenvalue weighted by molar-refractivity contribution is 0.0764. The number of hydrogen-bond donors (Lipinski definition) is 1. The number of amides is 1. The molecule has 3 aromatic rings. The number of carbonyl (C=O) groups excluding carboxylic acids is 1. The Morgan fingerprint density at radius 1 is 1.15 bits per heavy atom. The van der Waals surface area contributed by atoms with Gasteiger partial charge in [0, 0.05) is 39.2 Å². The van der Waals surface area contributed by atoms with Crippen LogP contribution in [-0.2, 0) is 24.4 Å². The predicted molar refractivity (Wildman–Crippen MR) is 152 cm³/mol. The van der Waals surface area contributed by atoms with Crippen LogP contribution in [0.4, 0.5) is 5.82 Å². The Labute approximate surface area is 231 Å². The van der Waals surface area contributed by atoms with Crippen LogP contribution in [0.1, 0.15) is 57.7 Å². The molecule has 1 N–H and O–H groups in total. The predicted octanol–water partition coefficient (Wildman–Crippen LogP) is 3.72. The summed E-state index contributed by atoms with van der Waals surface area (Å²) in [5, 5.41) is 12.4. The fourth-order valence-electron chi connectivity index (χ4n) is 5.79. The third-order valence-electron chi connectivity index (χ3n) is 8.45. The minimum absolute atomic E-state index is 0.142. The summed E-state index contributed by atoms with van der Waals surface area (Å²) in [5.74, 6) is 2.71. The molecule has 1 saturated carbocycles. The van der Waals surface area contributed by atoms with Crippen molar-refractivity contribution in [2.24, 2.45) is 11.8 Å². The summed E-state index contributed by atoms with van der Waals surface area (Å²) < 4.78 is 9.55. The second-order valence-corrected chi connectivity index (χ2v) is 18.3. The van der Waals surface area contributed by atoms with Gasteiger partial charge in [0.05, 0.1) is 18.3 Å². The number of nitrogens with one attached hydrogen (secondary N) is 1. The summed E-state index contributed by atoms with van der Waals surface area (Å²) in [4.78, 5) is 24.6. The molecule has 0 spiro atoms. The van der Waals surface area contributed by atoms with E-state index in [1.165, 1.54) is 12.0 Å². The maximum absolute atomic E-state index is 13.0. The summed E-state index contributed by atoms with van der Waals surface area (Å²) in [6.45, 7) is 15.2. The molecule has 0 radical (unpaired) electrons. The number of aromatic nitrogens is 6. The van der Waals surface area contributed by atoms with Gasteiger partial charge in [0.25, 0.3) is 5.91 Å². The molecule has 10 nitrogen and oxygen atoms in total. The zero-order valence-corrected chi connectivity index (χ0v) is 24.8. The van der Waals surface area contributed by atoms with Gasteiger partial charge in [0.1, 0.15) is 18.9 Å². The zero-order valence-electron chi connectivity index (χ0n) is 23.8. The Bertz CT molecular complexity index is 1370. The van der Waals surface area contributed by atoms with E-state index >= 15 is 0 Å². The van der Waals surface area contributed by atoms with Crippen LogP contribution in [0.2, 0.25) is 25.7 Å². The van der Waals surface area contributed by atoms with Crippen molar-refractivity contribution in [3.63, 3.8) is 0 Å². The molecule has 2 aliphatic carbocycles. The van der Waals surface area contributed by atoms with Gasteiger partial charge in [-0.15, -0.1) is 5.10 Å². The van der Waals surface area contributed by atoms with Gasteiger partial charge in [0.15, 0.2) is 0 Å². The normalized spacial score (nSPS) is 21.8. The van der Waals surface area contributed by atoms with E-state index in [4.69, 9.17) is 14.8 Å². The Morgan fingerprint density at radius 2 is 1.95 bits per heavy atom. The molecule has 0 aromatic carbocycles. The number of pyridine rings is 1. The fraction of sp³-hybridized carbons (Fsp3) is 0.607. The highest BCUT2D eigenvalue weighted by molar-refractivity contribution is 6.76. The quantitative estimate of drug-likeness (QED) is 0.304. The summed E-state index contributed by atoms with van der Waals surface area (Å²) in [7, 11) is -1.12. The molecule has 3 aromatic heterocycles. The molecule has 4 heterocycles. The monoisotopic (exact) mass is 548 g/mol. The molecule has 2 unspecified atom stereocenters. The van der Waals surface area contributed by atoms with E-state index < -0.39 is 8.07 Å². The van der Waals surface area contributed by atoms with Crippen LogP contribution in [0.15, 0.2) is 18.5 Å². The van der Waals surface area contributed by atoms with Crippen LogP contribution in [0.5, 0.6) is 0 Å². The molecular weight excluding hydrogens is 508 g/mol. The van der Waals surface area contributed by atoms with E-state index in [1.807, 2.05) is 11.6 Å². The standard InChI is InChI=1S/C28H40N8O2Si/c1-18-20(6-9-25(30-18)34-13-21-12-22(21)14-34)15-35-16-29-27(33-35)28(37)31-24-8-7-23-19(2)36(32-26(23)24)17-38-10-11-39(3,4)5/h6,9,16,21-22,24H,7-8,10-15,17H2,1-5H3,(H,31,37)/t21?,22?,24-/m1/s1. The Kier molecular flexibility index (Phi) is 6.82. The van der Waals surface area contributed by atoms with Gasteiger partial charge < -0.3 is 15.0 Å². The van der Waals surface area contributed by atoms with Gasteiger partial charge in [-0.1, -0.05) is 25.7 Å². The highest BCUT2D eigenvalue weighted by atomic mass is 28.3. The molecular formula is C28H40N8O2Si. The van der Waals surface area contributed by atoms with Gasteiger partial charge in [-0.05, 0) is 68.2 Å². The first kappa shape index (κ1) is 26.2. The molecule has 39 heavy (non-hydrogen) atoms. The van der Waals surface area contributed by atoms with Crippen molar-refractivity contribution in [1.82, 2.24) is 34.8 Å². The molecule has 3 aliphatic rings. The maximum atomic E-state index is 13.0. The van der Waals surface area contributed by atoms with Crippen molar-refractivity contribution < 1.29 is 9.53 Å². The van der Waals surface area contributed by atoms with E-state index in [2.05, 4.69) is 59.0 Å². The lowest BCUT2D eigenvalue weighted by atomic mass is 10.2. The Hall–Kier alpha value is -3.05. The number of fused-ring (bicyclic) bond motifs is 2. The largest absolute Gasteiger partial charge is 0.360 e. The van der Waals surface area contributed by atoms with Crippen LogP contribution in [0.25, 0.3) is 0 Å². The summed E-state index contributed by atoms with van der Waals surface area (Å²) >= 11 is 0. The summed E-state index contributed by atoms with van der Waals surface area (Å²) in [5.41, 5.74) is 5.33. The Balaban J connectivity index is 1.05. The van der Waals surface area contributed by atoms with E-state index in [9.17, 15) is 4.79 Å². The first-order valence-electron chi connectivity index (χ1n) is 14.2.